The molecule has 0 saturated heterocycles. The monoisotopic (exact) mass is 462 g/mol. The van der Waals surface area contributed by atoms with Gasteiger partial charge in [0.2, 0.25) is 5.91 Å². The number of amides is 2. The zero-order valence-electron chi connectivity index (χ0n) is 18.9. The highest BCUT2D eigenvalue weighted by atomic mass is 16.5. The van der Waals surface area contributed by atoms with E-state index in [1.165, 1.54) is 10.9 Å². The number of anilines is 1. The van der Waals surface area contributed by atoms with E-state index in [9.17, 15) is 19.5 Å². The lowest BCUT2D eigenvalue weighted by molar-refractivity contribution is -0.116. The number of rotatable bonds is 8. The number of benzene rings is 2. The Hall–Kier alpha value is -4.14. The number of nitrogens with one attached hydrogen (secondary N) is 2. The number of hydrogen-bond donors (Lipinski definition) is 3. The lowest BCUT2D eigenvalue weighted by atomic mass is 9.98. The number of carbonyl (C=O) groups is 3. The van der Waals surface area contributed by atoms with Crippen molar-refractivity contribution >= 4 is 23.8 Å². The standard InChI is InChI=1S/C25H26N4O5/c1-3-15(12-22(30)27-23-20(24(31)32)13-29(2)28-23)26-25(33)34-14-21-18-10-6-4-8-16(18)17-9-5-7-11-19(17)21/h4-11,13,15,21H,3,12,14H2,1-2H3,(H,26,33)(H,31,32)(H,27,28,30). The SMILES string of the molecule is CCC(CC(=O)Nc1nn(C)cc1C(=O)O)NC(=O)OCC1c2ccccc2-c2ccccc21. The zero-order valence-corrected chi connectivity index (χ0v) is 18.9. The molecule has 1 atom stereocenters. The molecule has 0 spiro atoms. The van der Waals surface area contributed by atoms with Crippen molar-refractivity contribution in [2.75, 3.05) is 11.9 Å². The maximum atomic E-state index is 12.5. The van der Waals surface area contributed by atoms with Crippen molar-refractivity contribution in [3.05, 3.63) is 71.4 Å². The minimum Gasteiger partial charge on any atom is -0.477 e. The van der Waals surface area contributed by atoms with Crippen molar-refractivity contribution in [3.63, 3.8) is 0 Å². The molecular weight excluding hydrogens is 436 g/mol. The average Bonchev–Trinajstić information content (AvgIpc) is 3.34. The Morgan fingerprint density at radius 3 is 2.29 bits per heavy atom. The lowest BCUT2D eigenvalue weighted by Gasteiger charge is -2.18. The molecule has 34 heavy (non-hydrogen) atoms. The molecule has 0 fully saturated rings. The first-order valence-corrected chi connectivity index (χ1v) is 11.1. The quantitative estimate of drug-likeness (QED) is 0.468. The fourth-order valence-electron chi connectivity index (χ4n) is 4.25. The van der Waals surface area contributed by atoms with Gasteiger partial charge in [0, 0.05) is 31.6 Å². The second-order valence-electron chi connectivity index (χ2n) is 8.20. The van der Waals surface area contributed by atoms with E-state index in [1.54, 1.807) is 7.05 Å². The van der Waals surface area contributed by atoms with Gasteiger partial charge in [0.15, 0.2) is 5.82 Å². The largest absolute Gasteiger partial charge is 0.477 e. The van der Waals surface area contributed by atoms with E-state index >= 15 is 0 Å². The van der Waals surface area contributed by atoms with Gasteiger partial charge < -0.3 is 20.5 Å². The van der Waals surface area contributed by atoms with Crippen molar-refractivity contribution in [3.8, 4) is 11.1 Å². The molecule has 2 aromatic carbocycles. The Morgan fingerprint density at radius 2 is 1.71 bits per heavy atom. The first-order valence-electron chi connectivity index (χ1n) is 11.1. The van der Waals surface area contributed by atoms with Crippen LogP contribution in [0.5, 0.6) is 0 Å². The van der Waals surface area contributed by atoms with Gasteiger partial charge in [-0.2, -0.15) is 5.10 Å². The van der Waals surface area contributed by atoms with Crippen LogP contribution in [-0.4, -0.2) is 45.5 Å². The summed E-state index contributed by atoms with van der Waals surface area (Å²) in [4.78, 5) is 36.3. The summed E-state index contributed by atoms with van der Waals surface area (Å²) in [5, 5.41) is 18.4. The minimum absolute atomic E-state index is 0.0315. The summed E-state index contributed by atoms with van der Waals surface area (Å²) in [6.45, 7) is 2.02. The number of fused-ring (bicyclic) bond motifs is 3. The Kier molecular flexibility index (Phi) is 6.62. The molecule has 2 amide bonds. The number of carboxylic acids is 1. The van der Waals surface area contributed by atoms with Crippen LogP contribution in [0.3, 0.4) is 0 Å². The number of nitrogens with zero attached hydrogens (tertiary/aromatic N) is 2. The summed E-state index contributed by atoms with van der Waals surface area (Å²) in [5.41, 5.74) is 4.42. The van der Waals surface area contributed by atoms with Crippen LogP contribution in [0.2, 0.25) is 0 Å². The summed E-state index contributed by atoms with van der Waals surface area (Å²) in [5.74, 6) is -1.73. The van der Waals surface area contributed by atoms with Gasteiger partial charge in [-0.05, 0) is 28.7 Å². The van der Waals surface area contributed by atoms with E-state index in [1.807, 2.05) is 43.3 Å². The number of hydrogen-bond acceptors (Lipinski definition) is 5. The number of alkyl carbamates (subject to hydrolysis) is 1. The summed E-state index contributed by atoms with van der Waals surface area (Å²) in [7, 11) is 1.57. The van der Waals surface area contributed by atoms with E-state index in [0.29, 0.717) is 6.42 Å². The first-order chi connectivity index (χ1) is 16.4. The van der Waals surface area contributed by atoms with Gasteiger partial charge in [-0.15, -0.1) is 0 Å². The molecule has 0 radical (unpaired) electrons. The maximum absolute atomic E-state index is 12.5. The molecule has 0 bridgehead atoms. The third kappa shape index (κ3) is 4.78. The molecule has 3 N–H and O–H groups in total. The number of carboxylic acid groups (broad SMARTS) is 1. The number of aromatic nitrogens is 2. The van der Waals surface area contributed by atoms with Crippen molar-refractivity contribution in [2.24, 2.45) is 7.05 Å². The molecule has 9 heteroatoms. The van der Waals surface area contributed by atoms with E-state index in [2.05, 4.69) is 27.9 Å². The van der Waals surface area contributed by atoms with E-state index in [4.69, 9.17) is 4.74 Å². The molecule has 0 saturated carbocycles. The molecule has 1 heterocycles. The summed E-state index contributed by atoms with van der Waals surface area (Å²) < 4.78 is 6.86. The molecule has 0 aliphatic heterocycles. The number of aromatic carboxylic acids is 1. The van der Waals surface area contributed by atoms with Gasteiger partial charge in [0.05, 0.1) is 0 Å². The van der Waals surface area contributed by atoms with Crippen LogP contribution < -0.4 is 10.6 Å². The van der Waals surface area contributed by atoms with Crippen LogP contribution in [-0.2, 0) is 16.6 Å². The van der Waals surface area contributed by atoms with Crippen LogP contribution in [0, 0.1) is 0 Å². The van der Waals surface area contributed by atoms with Crippen LogP contribution in [0.15, 0.2) is 54.7 Å². The average molecular weight is 463 g/mol. The second-order valence-corrected chi connectivity index (χ2v) is 8.20. The molecule has 1 unspecified atom stereocenters. The Labute approximate surface area is 196 Å². The van der Waals surface area contributed by atoms with Gasteiger partial charge in [-0.25, -0.2) is 9.59 Å². The van der Waals surface area contributed by atoms with Gasteiger partial charge in [-0.3, -0.25) is 9.48 Å². The molecule has 1 aromatic heterocycles. The smallest absolute Gasteiger partial charge is 0.407 e. The van der Waals surface area contributed by atoms with Crippen LogP contribution in [0.1, 0.15) is 47.2 Å². The van der Waals surface area contributed by atoms with Crippen LogP contribution in [0.25, 0.3) is 11.1 Å². The fraction of sp³-hybridized carbons (Fsp3) is 0.280. The van der Waals surface area contributed by atoms with Crippen molar-refractivity contribution in [1.29, 1.82) is 0 Å². The van der Waals surface area contributed by atoms with E-state index in [0.717, 1.165) is 22.3 Å². The molecule has 1 aliphatic rings. The van der Waals surface area contributed by atoms with Gasteiger partial charge >= 0.3 is 12.1 Å². The first kappa shape index (κ1) is 23.0. The molecule has 3 aromatic rings. The maximum Gasteiger partial charge on any atom is 0.407 e. The van der Waals surface area contributed by atoms with E-state index in [-0.39, 0.29) is 30.3 Å². The topological polar surface area (TPSA) is 123 Å². The predicted molar refractivity (Wildman–Crippen MR) is 126 cm³/mol. The Balaban J connectivity index is 1.34. The second kappa shape index (κ2) is 9.78. The summed E-state index contributed by atoms with van der Waals surface area (Å²) in [6.07, 6.45) is 1.15. The Bertz CT molecular complexity index is 1190. The lowest BCUT2D eigenvalue weighted by Crippen LogP contribution is -2.38. The van der Waals surface area contributed by atoms with Crippen LogP contribution >= 0.6 is 0 Å². The summed E-state index contributed by atoms with van der Waals surface area (Å²) in [6, 6.07) is 15.7. The Morgan fingerprint density at radius 1 is 1.09 bits per heavy atom. The van der Waals surface area contributed by atoms with Crippen molar-refractivity contribution in [1.82, 2.24) is 15.1 Å². The summed E-state index contributed by atoms with van der Waals surface area (Å²) >= 11 is 0. The third-order valence-corrected chi connectivity index (χ3v) is 5.91. The minimum atomic E-state index is -1.19. The van der Waals surface area contributed by atoms with Crippen LogP contribution in [0.4, 0.5) is 10.6 Å². The van der Waals surface area contributed by atoms with Gasteiger partial charge in [-0.1, -0.05) is 55.5 Å². The fourth-order valence-corrected chi connectivity index (χ4v) is 4.25. The highest BCUT2D eigenvalue weighted by Gasteiger charge is 2.29. The molecular formula is C25H26N4O5. The highest BCUT2D eigenvalue weighted by molar-refractivity contribution is 5.99. The molecule has 9 nitrogen and oxygen atoms in total. The van der Waals surface area contributed by atoms with E-state index < -0.39 is 24.0 Å². The third-order valence-electron chi connectivity index (χ3n) is 5.91. The van der Waals surface area contributed by atoms with Crippen molar-refractivity contribution < 1.29 is 24.2 Å². The van der Waals surface area contributed by atoms with Gasteiger partial charge in [0.25, 0.3) is 0 Å². The molecule has 4 rings (SSSR count). The number of aryl methyl sites for hydroxylation is 1. The predicted octanol–water partition coefficient (Wildman–Crippen LogP) is 3.76. The normalized spacial score (nSPS) is 13.0. The van der Waals surface area contributed by atoms with Crippen molar-refractivity contribution in [2.45, 2.75) is 31.7 Å². The van der Waals surface area contributed by atoms with Gasteiger partial charge in [0.1, 0.15) is 12.2 Å². The molecule has 1 aliphatic carbocycles. The number of carbonyl (C=O) groups excluding carboxylic acids is 2. The zero-order chi connectivity index (χ0) is 24.2. The molecule has 176 valence electrons. The number of ether oxygens (including phenoxy) is 1. The highest BCUT2D eigenvalue weighted by Crippen LogP contribution is 2.44.